The number of nitrogens with zero attached hydrogens (tertiary/aromatic N) is 2. The van der Waals surface area contributed by atoms with E-state index in [1.807, 2.05) is 13.8 Å². The molecule has 0 fully saturated rings. The van der Waals surface area contributed by atoms with Crippen LogP contribution in [0.25, 0.3) is 0 Å². The lowest BCUT2D eigenvalue weighted by molar-refractivity contribution is -0.0115. The molecule has 3 aromatic rings. The number of anilines is 3. The minimum Gasteiger partial charge on any atom is -0.497 e. The van der Waals surface area contributed by atoms with Crippen LogP contribution in [0.2, 0.25) is 0 Å². The topological polar surface area (TPSA) is 160 Å². The zero-order valence-corrected chi connectivity index (χ0v) is 30.3. The van der Waals surface area contributed by atoms with Gasteiger partial charge in [-0.3, -0.25) is 4.79 Å². The van der Waals surface area contributed by atoms with Crippen molar-refractivity contribution in [3.8, 4) is 23.0 Å². The summed E-state index contributed by atoms with van der Waals surface area (Å²) in [5.41, 5.74) is 1.75. The predicted molar refractivity (Wildman–Crippen MR) is 197 cm³/mol. The van der Waals surface area contributed by atoms with Crippen molar-refractivity contribution < 1.29 is 43.2 Å². The third-order valence-corrected chi connectivity index (χ3v) is 9.08. The zero-order chi connectivity index (χ0) is 37.2. The summed E-state index contributed by atoms with van der Waals surface area (Å²) < 4.78 is 28.6. The molecular formula is C38H49N5O9. The fourth-order valence-electron chi connectivity index (χ4n) is 5.98. The standard InChI is InChI=1S/C38H49N5O9/c1-24-20-43(25(2)22-44)36(45)31-18-28(39-37(46)40-29-12-16-33-34(19-29)51-23-50-33)11-15-32(31)52-26(3)8-6-7-17-49-35(24)21-42(4)38(47)41-27-9-13-30(48-5)14-10-27/h9-16,18-19,24-26,35,44H,6-8,17,20-23H2,1-5H3,(H,41,47)(H2,39,40,46)/t24-,25-,26-,35+/m0/s1. The van der Waals surface area contributed by atoms with Crippen LogP contribution in [0.4, 0.5) is 26.7 Å². The van der Waals surface area contributed by atoms with E-state index in [1.54, 1.807) is 91.5 Å². The van der Waals surface area contributed by atoms with Gasteiger partial charge in [-0.05, 0) is 87.7 Å². The van der Waals surface area contributed by atoms with Crippen LogP contribution in [-0.4, -0.2) is 98.4 Å². The summed E-state index contributed by atoms with van der Waals surface area (Å²) in [5, 5.41) is 18.8. The number of fused-ring (bicyclic) bond motifs is 2. The van der Waals surface area contributed by atoms with Gasteiger partial charge in [-0.1, -0.05) is 6.92 Å². The molecule has 0 aromatic heterocycles. The Morgan fingerprint density at radius 3 is 2.33 bits per heavy atom. The van der Waals surface area contributed by atoms with Crippen molar-refractivity contribution in [2.75, 3.05) is 63.2 Å². The van der Waals surface area contributed by atoms with Gasteiger partial charge in [0.2, 0.25) is 6.79 Å². The van der Waals surface area contributed by atoms with Crippen molar-refractivity contribution in [3.05, 3.63) is 66.2 Å². The van der Waals surface area contributed by atoms with Gasteiger partial charge in [0.1, 0.15) is 11.5 Å². The van der Waals surface area contributed by atoms with E-state index in [2.05, 4.69) is 16.0 Å². The highest BCUT2D eigenvalue weighted by Gasteiger charge is 2.31. The summed E-state index contributed by atoms with van der Waals surface area (Å²) in [5.74, 6) is 1.57. The number of urea groups is 2. The molecule has 4 atom stereocenters. The highest BCUT2D eigenvalue weighted by Crippen LogP contribution is 2.34. The molecule has 5 rings (SSSR count). The van der Waals surface area contributed by atoms with Crippen LogP contribution >= 0.6 is 0 Å². The average Bonchev–Trinajstić information content (AvgIpc) is 3.61. The first-order chi connectivity index (χ1) is 25.0. The molecule has 14 nitrogen and oxygen atoms in total. The zero-order valence-electron chi connectivity index (χ0n) is 30.3. The molecule has 2 aliphatic rings. The molecule has 280 valence electrons. The van der Waals surface area contributed by atoms with Gasteiger partial charge in [-0.25, -0.2) is 9.59 Å². The van der Waals surface area contributed by atoms with Gasteiger partial charge in [-0.15, -0.1) is 0 Å². The molecule has 0 spiro atoms. The second-order valence-electron chi connectivity index (χ2n) is 13.2. The Hall–Kier alpha value is -5.21. The second kappa shape index (κ2) is 17.8. The van der Waals surface area contributed by atoms with Gasteiger partial charge in [0.25, 0.3) is 5.91 Å². The van der Waals surface area contributed by atoms with Crippen LogP contribution in [0.5, 0.6) is 23.0 Å². The molecule has 14 heteroatoms. The molecule has 2 aliphatic heterocycles. The highest BCUT2D eigenvalue weighted by molar-refractivity contribution is 6.02. The molecule has 2 heterocycles. The number of methoxy groups -OCH3 is 1. The molecule has 0 unspecified atom stereocenters. The van der Waals surface area contributed by atoms with Crippen LogP contribution in [0.3, 0.4) is 0 Å². The van der Waals surface area contributed by atoms with Gasteiger partial charge in [0, 0.05) is 55.8 Å². The lowest BCUT2D eigenvalue weighted by Gasteiger charge is -2.35. The Morgan fingerprint density at radius 2 is 1.62 bits per heavy atom. The molecule has 0 saturated carbocycles. The van der Waals surface area contributed by atoms with Gasteiger partial charge >= 0.3 is 12.1 Å². The van der Waals surface area contributed by atoms with Crippen molar-refractivity contribution in [2.45, 2.75) is 58.3 Å². The normalized spacial score (nSPS) is 19.7. The van der Waals surface area contributed by atoms with Crippen molar-refractivity contribution in [2.24, 2.45) is 5.92 Å². The molecule has 0 bridgehead atoms. The number of likely N-dealkylation sites (N-methyl/N-ethyl adjacent to an activating group) is 1. The first-order valence-electron chi connectivity index (χ1n) is 17.5. The summed E-state index contributed by atoms with van der Waals surface area (Å²) in [6, 6.07) is 15.7. The fraction of sp³-hybridized carbons (Fsp3) is 0.447. The summed E-state index contributed by atoms with van der Waals surface area (Å²) in [7, 11) is 3.28. The largest absolute Gasteiger partial charge is 0.497 e. The van der Waals surface area contributed by atoms with Crippen LogP contribution in [0.1, 0.15) is 50.4 Å². The molecule has 4 N–H and O–H groups in total. The molecule has 0 saturated heterocycles. The Kier molecular flexibility index (Phi) is 13.0. The van der Waals surface area contributed by atoms with Crippen molar-refractivity contribution in [1.29, 1.82) is 0 Å². The summed E-state index contributed by atoms with van der Waals surface area (Å²) in [6.07, 6.45) is 1.69. The van der Waals surface area contributed by atoms with E-state index in [0.717, 1.165) is 19.3 Å². The first kappa shape index (κ1) is 38.0. The fourth-order valence-corrected chi connectivity index (χ4v) is 5.98. The monoisotopic (exact) mass is 719 g/mol. The number of carbonyl (C=O) groups is 3. The van der Waals surface area contributed by atoms with Crippen molar-refractivity contribution >= 4 is 35.0 Å². The van der Waals surface area contributed by atoms with Crippen LogP contribution < -0.4 is 34.9 Å². The molecule has 0 aliphatic carbocycles. The molecule has 5 amide bonds. The Balaban J connectivity index is 1.34. The quantitative estimate of drug-likeness (QED) is 0.218. The van der Waals surface area contributed by atoms with E-state index in [4.69, 9.17) is 23.7 Å². The van der Waals surface area contributed by atoms with Gasteiger partial charge in [-0.2, -0.15) is 0 Å². The molecule has 3 aromatic carbocycles. The predicted octanol–water partition coefficient (Wildman–Crippen LogP) is 6.03. The Morgan fingerprint density at radius 1 is 0.942 bits per heavy atom. The minimum absolute atomic E-state index is 0.118. The maximum Gasteiger partial charge on any atom is 0.323 e. The summed E-state index contributed by atoms with van der Waals surface area (Å²) in [4.78, 5) is 43.8. The van der Waals surface area contributed by atoms with E-state index in [0.29, 0.717) is 46.7 Å². The third-order valence-electron chi connectivity index (χ3n) is 9.08. The van der Waals surface area contributed by atoms with E-state index in [-0.39, 0.29) is 56.0 Å². The van der Waals surface area contributed by atoms with E-state index in [9.17, 15) is 19.5 Å². The first-order valence-corrected chi connectivity index (χ1v) is 17.5. The number of ether oxygens (including phenoxy) is 5. The number of hydrogen-bond acceptors (Lipinski definition) is 9. The Bertz CT molecular complexity index is 1690. The summed E-state index contributed by atoms with van der Waals surface area (Å²) in [6.45, 7) is 6.47. The van der Waals surface area contributed by atoms with Crippen molar-refractivity contribution in [1.82, 2.24) is 9.80 Å². The number of aliphatic hydroxyl groups is 1. The molecular weight excluding hydrogens is 670 g/mol. The number of aliphatic hydroxyl groups excluding tert-OH is 1. The van der Waals surface area contributed by atoms with Gasteiger partial charge < -0.3 is 54.5 Å². The van der Waals surface area contributed by atoms with Gasteiger partial charge in [0.15, 0.2) is 11.5 Å². The van der Waals surface area contributed by atoms with E-state index in [1.165, 1.54) is 0 Å². The lowest BCUT2D eigenvalue weighted by atomic mass is 10.0. The van der Waals surface area contributed by atoms with E-state index >= 15 is 0 Å². The number of amides is 5. The molecule has 52 heavy (non-hydrogen) atoms. The van der Waals surface area contributed by atoms with Crippen LogP contribution in [0.15, 0.2) is 60.7 Å². The smallest absolute Gasteiger partial charge is 0.323 e. The SMILES string of the molecule is COc1ccc(NC(=O)N(C)C[C@H]2OCCCC[C@H](C)Oc3ccc(NC(=O)Nc4ccc5c(c4)OCO5)cc3C(=O)N([C@@H](C)CO)C[C@@H]2C)cc1. The minimum atomic E-state index is -0.559. The highest BCUT2D eigenvalue weighted by atomic mass is 16.7. The van der Waals surface area contributed by atoms with E-state index < -0.39 is 18.2 Å². The lowest BCUT2D eigenvalue weighted by Crippen LogP contribution is -2.48. The number of hydrogen-bond donors (Lipinski definition) is 4. The maximum atomic E-state index is 14.4. The number of benzene rings is 3. The average molecular weight is 720 g/mol. The Labute approximate surface area is 304 Å². The maximum absolute atomic E-state index is 14.4. The molecule has 0 radical (unpaired) electrons. The number of nitrogens with one attached hydrogen (secondary N) is 3. The van der Waals surface area contributed by atoms with Crippen LogP contribution in [0, 0.1) is 5.92 Å². The summed E-state index contributed by atoms with van der Waals surface area (Å²) >= 11 is 0. The van der Waals surface area contributed by atoms with Crippen molar-refractivity contribution in [3.63, 3.8) is 0 Å². The van der Waals surface area contributed by atoms with Gasteiger partial charge in [0.05, 0.1) is 37.5 Å². The third kappa shape index (κ3) is 9.98. The second-order valence-corrected chi connectivity index (χ2v) is 13.2. The van der Waals surface area contributed by atoms with Crippen LogP contribution in [-0.2, 0) is 4.74 Å². The number of carbonyl (C=O) groups excluding carboxylic acids is 3. The number of rotatable bonds is 8.